The summed E-state index contributed by atoms with van der Waals surface area (Å²) < 4.78 is 0. The van der Waals surface area contributed by atoms with Gasteiger partial charge in [0.25, 0.3) is 0 Å². The van der Waals surface area contributed by atoms with Gasteiger partial charge in [0.05, 0.1) is 0 Å². The van der Waals surface area contributed by atoms with Crippen LogP contribution in [0, 0.1) is 0 Å². The molecule has 20 heavy (non-hydrogen) atoms. The second kappa shape index (κ2) is 9.24. The van der Waals surface area contributed by atoms with Gasteiger partial charge >= 0.3 is 17.1 Å². The van der Waals surface area contributed by atoms with Gasteiger partial charge < -0.3 is 10.2 Å². The minimum atomic E-state index is 0. The van der Waals surface area contributed by atoms with Crippen LogP contribution in [0.3, 0.4) is 0 Å². The molecular formula is C17H18FeO2. The van der Waals surface area contributed by atoms with Crippen LogP contribution in [0.1, 0.15) is 20.8 Å². The van der Waals surface area contributed by atoms with Crippen LogP contribution >= 0.6 is 0 Å². The SMILES string of the molecule is CC([O-])=C1C=CC=C1.CC([O-])=CC(C)=C1C=CC=C1.[Fe+2]. The molecule has 0 saturated carbocycles. The predicted molar refractivity (Wildman–Crippen MR) is 75.7 cm³/mol. The van der Waals surface area contributed by atoms with E-state index in [1.54, 1.807) is 19.9 Å². The van der Waals surface area contributed by atoms with Crippen LogP contribution in [0.25, 0.3) is 0 Å². The predicted octanol–water partition coefficient (Wildman–Crippen LogP) is 2.44. The zero-order chi connectivity index (χ0) is 14.3. The molecule has 2 nitrogen and oxygen atoms in total. The van der Waals surface area contributed by atoms with Crippen molar-refractivity contribution in [3.8, 4) is 0 Å². The van der Waals surface area contributed by atoms with E-state index in [0.29, 0.717) is 0 Å². The van der Waals surface area contributed by atoms with Gasteiger partial charge in [0.15, 0.2) is 0 Å². The molecule has 2 rings (SSSR count). The standard InChI is InChI=1S/C10H12O.C7H8O.Fe/c1-8(7-9(2)11)10-5-3-4-6-10;1-6(8)7-4-2-3-5-7;/h3-7,11H,1-2H3;2-5,8H,1H3;/q;;+2/p-2. The molecule has 0 spiro atoms. The number of hydrogen-bond donors (Lipinski definition) is 0. The quantitative estimate of drug-likeness (QED) is 0.551. The molecule has 0 aromatic heterocycles. The van der Waals surface area contributed by atoms with Gasteiger partial charge in [-0.05, 0) is 23.6 Å². The van der Waals surface area contributed by atoms with Crippen LogP contribution in [0.15, 0.2) is 82.9 Å². The first-order chi connectivity index (χ1) is 9.00. The van der Waals surface area contributed by atoms with Crippen LogP contribution < -0.4 is 10.2 Å². The fourth-order valence-corrected chi connectivity index (χ4v) is 1.63. The number of hydrogen-bond acceptors (Lipinski definition) is 2. The maximum absolute atomic E-state index is 10.7. The first-order valence-corrected chi connectivity index (χ1v) is 6.14. The van der Waals surface area contributed by atoms with Gasteiger partial charge in [0.1, 0.15) is 0 Å². The molecule has 0 fully saturated rings. The van der Waals surface area contributed by atoms with Crippen molar-refractivity contribution in [3.63, 3.8) is 0 Å². The Balaban J connectivity index is 0.000000359. The minimum Gasteiger partial charge on any atom is -0.876 e. The van der Waals surface area contributed by atoms with Crippen molar-refractivity contribution in [1.82, 2.24) is 0 Å². The van der Waals surface area contributed by atoms with Gasteiger partial charge in [-0.1, -0.05) is 68.5 Å². The molecule has 106 valence electrons. The molecule has 0 saturated heterocycles. The zero-order valence-corrected chi connectivity index (χ0v) is 13.0. The van der Waals surface area contributed by atoms with E-state index in [0.717, 1.165) is 16.7 Å². The Labute approximate surface area is 131 Å². The third-order valence-electron chi connectivity index (χ3n) is 2.61. The average molecular weight is 310 g/mol. The summed E-state index contributed by atoms with van der Waals surface area (Å²) in [7, 11) is 0. The Morgan fingerprint density at radius 3 is 1.50 bits per heavy atom. The molecule has 3 heteroatoms. The van der Waals surface area contributed by atoms with E-state index in [9.17, 15) is 10.2 Å². The van der Waals surface area contributed by atoms with E-state index in [1.807, 2.05) is 55.5 Å². The van der Waals surface area contributed by atoms with Crippen molar-refractivity contribution in [2.45, 2.75) is 20.8 Å². The molecule has 2 aliphatic carbocycles. The molecule has 2 aliphatic rings. The van der Waals surface area contributed by atoms with Crippen molar-refractivity contribution in [2.75, 3.05) is 0 Å². The Hall–Kier alpha value is -1.70. The molecule has 0 aromatic rings. The Bertz CT molecular complexity index is 505. The fourth-order valence-electron chi connectivity index (χ4n) is 1.63. The van der Waals surface area contributed by atoms with E-state index in [1.165, 1.54) is 0 Å². The topological polar surface area (TPSA) is 46.1 Å². The van der Waals surface area contributed by atoms with Crippen LogP contribution in [0.2, 0.25) is 0 Å². The molecule has 0 aliphatic heterocycles. The molecule has 0 bridgehead atoms. The van der Waals surface area contributed by atoms with Gasteiger partial charge in [-0.25, -0.2) is 0 Å². The summed E-state index contributed by atoms with van der Waals surface area (Å²) in [6, 6.07) is 0. The monoisotopic (exact) mass is 310 g/mol. The molecule has 0 atom stereocenters. The summed E-state index contributed by atoms with van der Waals surface area (Å²) in [6.45, 7) is 5.07. The molecule has 0 unspecified atom stereocenters. The normalized spacial score (nSPS) is 15.1. The second-order valence-electron chi connectivity index (χ2n) is 4.34. The van der Waals surface area contributed by atoms with Crippen LogP contribution in [-0.2, 0) is 17.1 Å². The first kappa shape index (κ1) is 18.3. The van der Waals surface area contributed by atoms with Gasteiger partial charge in [0, 0.05) is 0 Å². The Morgan fingerprint density at radius 1 is 0.800 bits per heavy atom. The van der Waals surface area contributed by atoms with Crippen molar-refractivity contribution < 1.29 is 27.3 Å². The minimum absolute atomic E-state index is 0. The van der Waals surface area contributed by atoms with Gasteiger partial charge in [-0.15, -0.1) is 11.5 Å². The Kier molecular flexibility index (Phi) is 8.46. The van der Waals surface area contributed by atoms with Gasteiger partial charge in [0.2, 0.25) is 0 Å². The number of rotatable bonds is 1. The van der Waals surface area contributed by atoms with Crippen LogP contribution in [0.4, 0.5) is 0 Å². The maximum atomic E-state index is 10.7. The summed E-state index contributed by atoms with van der Waals surface area (Å²) >= 11 is 0. The van der Waals surface area contributed by atoms with Gasteiger partial charge in [-0.2, -0.15) is 0 Å². The fraction of sp³-hybridized carbons (Fsp3) is 0.176. The van der Waals surface area contributed by atoms with Crippen molar-refractivity contribution >= 4 is 0 Å². The number of allylic oxidation sites excluding steroid dienone is 14. The smallest absolute Gasteiger partial charge is 0.876 e. The van der Waals surface area contributed by atoms with E-state index in [-0.39, 0.29) is 28.6 Å². The first-order valence-electron chi connectivity index (χ1n) is 6.14. The summed E-state index contributed by atoms with van der Waals surface area (Å²) in [5.41, 5.74) is 2.95. The molecule has 0 aromatic carbocycles. The third kappa shape index (κ3) is 6.46. The van der Waals surface area contributed by atoms with E-state index in [4.69, 9.17) is 0 Å². The van der Waals surface area contributed by atoms with E-state index >= 15 is 0 Å². The van der Waals surface area contributed by atoms with Crippen molar-refractivity contribution in [2.24, 2.45) is 0 Å². The molecule has 0 N–H and O–H groups in total. The molecule has 0 heterocycles. The summed E-state index contributed by atoms with van der Waals surface area (Å²) in [6.07, 6.45) is 16.9. The summed E-state index contributed by atoms with van der Waals surface area (Å²) in [5, 5.41) is 21.2. The van der Waals surface area contributed by atoms with Crippen molar-refractivity contribution in [3.05, 3.63) is 82.9 Å². The van der Waals surface area contributed by atoms with E-state index < -0.39 is 0 Å². The molecule has 0 radical (unpaired) electrons. The maximum Gasteiger partial charge on any atom is 2.00 e. The summed E-state index contributed by atoms with van der Waals surface area (Å²) in [4.78, 5) is 0. The van der Waals surface area contributed by atoms with Crippen LogP contribution in [-0.4, -0.2) is 0 Å². The molecule has 0 amide bonds. The Morgan fingerprint density at radius 2 is 1.20 bits per heavy atom. The summed E-state index contributed by atoms with van der Waals surface area (Å²) in [5.74, 6) is 0.235. The van der Waals surface area contributed by atoms with Crippen molar-refractivity contribution in [1.29, 1.82) is 0 Å². The van der Waals surface area contributed by atoms with E-state index in [2.05, 4.69) is 0 Å². The second-order valence-corrected chi connectivity index (χ2v) is 4.34. The molecular weight excluding hydrogens is 292 g/mol. The van der Waals surface area contributed by atoms with Crippen LogP contribution in [0.5, 0.6) is 0 Å². The largest absolute Gasteiger partial charge is 2.00 e. The zero-order valence-electron chi connectivity index (χ0n) is 11.9. The van der Waals surface area contributed by atoms with Gasteiger partial charge in [-0.3, -0.25) is 0 Å². The average Bonchev–Trinajstić information content (AvgIpc) is 3.03. The third-order valence-corrected chi connectivity index (χ3v) is 2.61.